The summed E-state index contributed by atoms with van der Waals surface area (Å²) in [6.45, 7) is 0. The Bertz CT molecular complexity index is 968. The first-order valence-electron chi connectivity index (χ1n) is 6.82. The van der Waals surface area contributed by atoms with Crippen molar-refractivity contribution in [3.63, 3.8) is 0 Å². The number of imidazole rings is 1. The summed E-state index contributed by atoms with van der Waals surface area (Å²) in [6, 6.07) is 5.95. The molecule has 0 aliphatic carbocycles. The van der Waals surface area contributed by atoms with E-state index < -0.39 is 0 Å². The summed E-state index contributed by atoms with van der Waals surface area (Å²) in [4.78, 5) is 16.7. The molecule has 0 aliphatic rings. The number of benzene rings is 1. The molecule has 112 valence electrons. The van der Waals surface area contributed by atoms with Gasteiger partial charge in [-0.3, -0.25) is 4.98 Å². The zero-order chi connectivity index (χ0) is 15.6. The van der Waals surface area contributed by atoms with Crippen LogP contribution in [0.2, 0.25) is 0 Å². The molecule has 0 unspecified atom stereocenters. The quantitative estimate of drug-likeness (QED) is 0.582. The Morgan fingerprint density at radius 2 is 1.87 bits per heavy atom. The molecular weight excluding hydrogens is 297 g/mol. The van der Waals surface area contributed by atoms with Gasteiger partial charge in [-0.05, 0) is 12.1 Å². The molecule has 23 heavy (non-hydrogen) atoms. The molecule has 4 aromatic rings. The largest absolute Gasteiger partial charge is 0.424 e. The highest BCUT2D eigenvalue weighted by molar-refractivity contribution is 5.57. The minimum absolute atomic E-state index is 0.142. The lowest BCUT2D eigenvalue weighted by Crippen LogP contribution is -1.94. The zero-order valence-corrected chi connectivity index (χ0v) is 11.8. The standard InChI is InChI=1S/C16H10FN5O/c17-12-2-1-3-13(6-12)23-16-20-7-11(8-21-16)14-10-22-5-4-18-15(22)9-19-14/h1-10H. The van der Waals surface area contributed by atoms with Crippen LogP contribution in [0.15, 0.2) is 61.4 Å². The molecule has 0 saturated heterocycles. The Hall–Kier alpha value is -3.35. The van der Waals surface area contributed by atoms with Gasteiger partial charge in [-0.25, -0.2) is 19.3 Å². The van der Waals surface area contributed by atoms with E-state index in [1.165, 1.54) is 12.1 Å². The molecule has 3 heterocycles. The van der Waals surface area contributed by atoms with Crippen molar-refractivity contribution in [2.24, 2.45) is 0 Å². The van der Waals surface area contributed by atoms with Crippen LogP contribution < -0.4 is 4.74 Å². The predicted molar refractivity (Wildman–Crippen MR) is 80.5 cm³/mol. The molecular formula is C16H10FN5O. The fraction of sp³-hybridized carbons (Fsp3) is 0. The summed E-state index contributed by atoms with van der Waals surface area (Å²) in [5.41, 5.74) is 2.22. The van der Waals surface area contributed by atoms with Crippen molar-refractivity contribution in [3.05, 3.63) is 67.3 Å². The van der Waals surface area contributed by atoms with Crippen LogP contribution in [0.4, 0.5) is 4.39 Å². The van der Waals surface area contributed by atoms with Gasteiger partial charge in [0.05, 0.1) is 11.9 Å². The van der Waals surface area contributed by atoms with Crippen LogP contribution in [-0.4, -0.2) is 24.3 Å². The van der Waals surface area contributed by atoms with Gasteiger partial charge in [0.2, 0.25) is 0 Å². The first kappa shape index (κ1) is 13.3. The summed E-state index contributed by atoms with van der Waals surface area (Å²) in [6.07, 6.45) is 10.3. The van der Waals surface area contributed by atoms with Crippen molar-refractivity contribution in [2.45, 2.75) is 0 Å². The van der Waals surface area contributed by atoms with Crippen LogP contribution in [0.3, 0.4) is 0 Å². The number of fused-ring (bicyclic) bond motifs is 1. The van der Waals surface area contributed by atoms with E-state index in [-0.39, 0.29) is 11.8 Å². The van der Waals surface area contributed by atoms with E-state index in [4.69, 9.17) is 4.74 Å². The van der Waals surface area contributed by atoms with E-state index in [0.717, 1.165) is 11.2 Å². The number of aromatic nitrogens is 5. The third-order valence-electron chi connectivity index (χ3n) is 3.21. The third-order valence-corrected chi connectivity index (χ3v) is 3.21. The second-order valence-corrected chi connectivity index (χ2v) is 4.78. The van der Waals surface area contributed by atoms with Crippen molar-refractivity contribution >= 4 is 5.65 Å². The number of rotatable bonds is 3. The summed E-state index contributed by atoms with van der Waals surface area (Å²) in [5, 5.41) is 0. The molecule has 0 amide bonds. The molecule has 0 aliphatic heterocycles. The molecule has 0 fully saturated rings. The van der Waals surface area contributed by atoms with Crippen LogP contribution in [0.25, 0.3) is 16.9 Å². The van der Waals surface area contributed by atoms with Crippen LogP contribution in [0.5, 0.6) is 11.8 Å². The average Bonchev–Trinajstić information content (AvgIpc) is 3.03. The van der Waals surface area contributed by atoms with E-state index in [9.17, 15) is 4.39 Å². The second kappa shape index (κ2) is 5.45. The number of hydrogen-bond donors (Lipinski definition) is 0. The first-order chi connectivity index (χ1) is 11.3. The lowest BCUT2D eigenvalue weighted by atomic mass is 10.2. The number of hydrogen-bond acceptors (Lipinski definition) is 5. The summed E-state index contributed by atoms with van der Waals surface area (Å²) in [7, 11) is 0. The number of nitrogens with zero attached hydrogens (tertiary/aromatic N) is 5. The molecule has 7 heteroatoms. The van der Waals surface area contributed by atoms with E-state index in [1.807, 2.05) is 16.8 Å². The Morgan fingerprint density at radius 3 is 2.70 bits per heavy atom. The third kappa shape index (κ3) is 2.71. The molecule has 0 atom stereocenters. The van der Waals surface area contributed by atoms with Gasteiger partial charge in [-0.1, -0.05) is 6.07 Å². The topological polar surface area (TPSA) is 65.2 Å². The van der Waals surface area contributed by atoms with Crippen LogP contribution in [-0.2, 0) is 0 Å². The highest BCUT2D eigenvalue weighted by atomic mass is 19.1. The van der Waals surface area contributed by atoms with E-state index in [0.29, 0.717) is 11.4 Å². The van der Waals surface area contributed by atoms with Gasteiger partial charge in [0.15, 0.2) is 5.65 Å². The molecule has 0 radical (unpaired) electrons. The SMILES string of the molecule is Fc1cccc(Oc2ncc(-c3cn4ccnc4cn3)cn2)c1. The highest BCUT2D eigenvalue weighted by Crippen LogP contribution is 2.20. The molecule has 0 spiro atoms. The highest BCUT2D eigenvalue weighted by Gasteiger charge is 2.06. The fourth-order valence-electron chi connectivity index (χ4n) is 2.11. The van der Waals surface area contributed by atoms with Crippen LogP contribution >= 0.6 is 0 Å². The monoisotopic (exact) mass is 307 g/mol. The van der Waals surface area contributed by atoms with Gasteiger partial charge in [0, 0.05) is 42.6 Å². The van der Waals surface area contributed by atoms with Crippen LogP contribution in [0, 0.1) is 5.82 Å². The maximum Gasteiger partial charge on any atom is 0.321 e. The number of ether oxygens (including phenoxy) is 1. The summed E-state index contributed by atoms with van der Waals surface area (Å²) >= 11 is 0. The van der Waals surface area contributed by atoms with Gasteiger partial charge >= 0.3 is 6.01 Å². The molecule has 6 nitrogen and oxygen atoms in total. The van der Waals surface area contributed by atoms with Gasteiger partial charge in [-0.2, -0.15) is 0 Å². The van der Waals surface area contributed by atoms with Crippen molar-refractivity contribution in [1.29, 1.82) is 0 Å². The van der Waals surface area contributed by atoms with Crippen LogP contribution in [0.1, 0.15) is 0 Å². The zero-order valence-electron chi connectivity index (χ0n) is 11.8. The Balaban J connectivity index is 1.59. The molecule has 0 bridgehead atoms. The van der Waals surface area contributed by atoms with E-state index >= 15 is 0 Å². The molecule has 3 aromatic heterocycles. The lowest BCUT2D eigenvalue weighted by molar-refractivity contribution is 0.438. The molecule has 0 N–H and O–H groups in total. The second-order valence-electron chi connectivity index (χ2n) is 4.78. The minimum atomic E-state index is -0.378. The van der Waals surface area contributed by atoms with Gasteiger partial charge in [0.25, 0.3) is 0 Å². The van der Waals surface area contributed by atoms with Gasteiger partial charge in [-0.15, -0.1) is 0 Å². The van der Waals surface area contributed by atoms with Crippen molar-refractivity contribution in [2.75, 3.05) is 0 Å². The van der Waals surface area contributed by atoms with E-state index in [1.54, 1.807) is 36.9 Å². The van der Waals surface area contributed by atoms with Crippen molar-refractivity contribution < 1.29 is 9.13 Å². The lowest BCUT2D eigenvalue weighted by Gasteiger charge is -2.05. The summed E-state index contributed by atoms with van der Waals surface area (Å²) < 4.78 is 20.4. The predicted octanol–water partition coefficient (Wildman–Crippen LogP) is 3.12. The van der Waals surface area contributed by atoms with Gasteiger partial charge < -0.3 is 9.14 Å². The minimum Gasteiger partial charge on any atom is -0.424 e. The first-order valence-corrected chi connectivity index (χ1v) is 6.82. The summed E-state index contributed by atoms with van der Waals surface area (Å²) in [5.74, 6) is -0.0346. The van der Waals surface area contributed by atoms with Crippen molar-refractivity contribution in [1.82, 2.24) is 24.3 Å². The maximum atomic E-state index is 13.1. The number of halogens is 1. The normalized spacial score (nSPS) is 10.8. The van der Waals surface area contributed by atoms with E-state index in [2.05, 4.69) is 19.9 Å². The average molecular weight is 307 g/mol. The Labute approximate surface area is 130 Å². The van der Waals surface area contributed by atoms with Crippen molar-refractivity contribution in [3.8, 4) is 23.0 Å². The Morgan fingerprint density at radius 1 is 1.00 bits per heavy atom. The van der Waals surface area contributed by atoms with Gasteiger partial charge in [0.1, 0.15) is 11.6 Å². The Kier molecular flexibility index (Phi) is 3.16. The molecule has 0 saturated carbocycles. The maximum absolute atomic E-state index is 13.1. The fourth-order valence-corrected chi connectivity index (χ4v) is 2.11. The molecule has 1 aromatic carbocycles. The molecule has 4 rings (SSSR count). The smallest absolute Gasteiger partial charge is 0.321 e.